The minimum atomic E-state index is 0.745. The molecule has 2 saturated heterocycles. The highest BCUT2D eigenvalue weighted by molar-refractivity contribution is 7.09. The molecular weight excluding hydrogens is 218 g/mol. The third-order valence-corrected chi connectivity index (χ3v) is 4.64. The molecule has 2 bridgehead atoms. The number of aryl methyl sites for hydroxylation is 1. The van der Waals surface area contributed by atoms with Crippen molar-refractivity contribution in [2.24, 2.45) is 0 Å². The Kier molecular flexibility index (Phi) is 2.96. The van der Waals surface area contributed by atoms with Crippen LogP contribution < -0.4 is 5.32 Å². The summed E-state index contributed by atoms with van der Waals surface area (Å²) >= 11 is 1.77. The van der Waals surface area contributed by atoms with Crippen molar-refractivity contribution >= 4 is 11.3 Å². The van der Waals surface area contributed by atoms with Crippen molar-refractivity contribution in [3.63, 3.8) is 0 Å². The van der Waals surface area contributed by atoms with Gasteiger partial charge < -0.3 is 5.32 Å². The zero-order chi connectivity index (χ0) is 11.0. The molecule has 88 valence electrons. The van der Waals surface area contributed by atoms with Crippen molar-refractivity contribution in [2.75, 3.05) is 13.1 Å². The maximum absolute atomic E-state index is 4.59. The molecule has 2 unspecified atom stereocenters. The van der Waals surface area contributed by atoms with E-state index in [1.807, 2.05) is 0 Å². The predicted molar refractivity (Wildman–Crippen MR) is 66.7 cm³/mol. The first-order chi connectivity index (χ1) is 7.83. The zero-order valence-corrected chi connectivity index (χ0v) is 10.6. The summed E-state index contributed by atoms with van der Waals surface area (Å²) < 4.78 is 0. The van der Waals surface area contributed by atoms with Crippen molar-refractivity contribution < 1.29 is 0 Å². The van der Waals surface area contributed by atoms with Crippen LogP contribution in [0.25, 0.3) is 0 Å². The van der Waals surface area contributed by atoms with E-state index < -0.39 is 0 Å². The van der Waals surface area contributed by atoms with Crippen LogP contribution in [0.4, 0.5) is 0 Å². The van der Waals surface area contributed by atoms with E-state index in [1.165, 1.54) is 43.1 Å². The molecule has 16 heavy (non-hydrogen) atoms. The van der Waals surface area contributed by atoms with Gasteiger partial charge in [0.1, 0.15) is 0 Å². The van der Waals surface area contributed by atoms with Gasteiger partial charge in [0, 0.05) is 30.6 Å². The lowest BCUT2D eigenvalue weighted by atomic mass is 10.1. The molecule has 2 aliphatic heterocycles. The van der Waals surface area contributed by atoms with E-state index in [0.717, 1.165) is 18.6 Å². The van der Waals surface area contributed by atoms with E-state index in [2.05, 4.69) is 27.5 Å². The van der Waals surface area contributed by atoms with Gasteiger partial charge in [0.2, 0.25) is 0 Å². The van der Waals surface area contributed by atoms with E-state index >= 15 is 0 Å². The Balaban J connectivity index is 1.73. The summed E-state index contributed by atoms with van der Waals surface area (Å²) in [4.78, 5) is 7.26. The average Bonchev–Trinajstić information content (AvgIpc) is 2.72. The van der Waals surface area contributed by atoms with E-state index in [1.54, 1.807) is 11.3 Å². The van der Waals surface area contributed by atoms with Crippen molar-refractivity contribution in [2.45, 2.75) is 44.8 Å². The van der Waals surface area contributed by atoms with Crippen molar-refractivity contribution in [1.82, 2.24) is 15.2 Å². The Hall–Kier alpha value is -0.450. The van der Waals surface area contributed by atoms with Gasteiger partial charge in [0.25, 0.3) is 0 Å². The highest BCUT2D eigenvalue weighted by atomic mass is 32.1. The van der Waals surface area contributed by atoms with Crippen molar-refractivity contribution in [3.05, 3.63) is 16.1 Å². The van der Waals surface area contributed by atoms with Gasteiger partial charge in [-0.2, -0.15) is 0 Å². The van der Waals surface area contributed by atoms with Gasteiger partial charge in [-0.3, -0.25) is 4.90 Å². The first kappa shape index (κ1) is 10.7. The Labute approximate surface area is 101 Å². The largest absolute Gasteiger partial charge is 0.315 e. The third kappa shape index (κ3) is 2.01. The molecule has 1 aromatic heterocycles. The molecule has 3 rings (SSSR count). The number of aromatic nitrogens is 1. The van der Waals surface area contributed by atoms with E-state index in [0.29, 0.717) is 0 Å². The molecule has 3 heterocycles. The first-order valence-corrected chi connectivity index (χ1v) is 7.08. The SMILES string of the molecule is Cc1nc(CN2C3CCNCC2CC3)cs1. The van der Waals surface area contributed by atoms with Crippen LogP contribution in [-0.2, 0) is 6.54 Å². The highest BCUT2D eigenvalue weighted by Crippen LogP contribution is 2.29. The molecule has 0 amide bonds. The summed E-state index contributed by atoms with van der Waals surface area (Å²) in [6.45, 7) is 5.50. The number of hydrogen-bond donors (Lipinski definition) is 1. The molecule has 1 aromatic rings. The van der Waals surface area contributed by atoms with Crippen LogP contribution in [-0.4, -0.2) is 35.1 Å². The molecule has 0 aromatic carbocycles. The predicted octanol–water partition coefficient (Wildman–Crippen LogP) is 1.78. The fourth-order valence-corrected chi connectivity index (χ4v) is 3.61. The van der Waals surface area contributed by atoms with E-state index in [4.69, 9.17) is 0 Å². The molecule has 2 fully saturated rings. The van der Waals surface area contributed by atoms with Crippen LogP contribution >= 0.6 is 11.3 Å². The second kappa shape index (κ2) is 4.43. The quantitative estimate of drug-likeness (QED) is 0.850. The van der Waals surface area contributed by atoms with E-state index in [9.17, 15) is 0 Å². The molecule has 2 aliphatic rings. The van der Waals surface area contributed by atoms with Crippen LogP contribution in [0.15, 0.2) is 5.38 Å². The smallest absolute Gasteiger partial charge is 0.0897 e. The number of hydrogen-bond acceptors (Lipinski definition) is 4. The van der Waals surface area contributed by atoms with Gasteiger partial charge in [-0.25, -0.2) is 4.98 Å². The minimum Gasteiger partial charge on any atom is -0.315 e. The summed E-state index contributed by atoms with van der Waals surface area (Å²) in [5.74, 6) is 0. The summed E-state index contributed by atoms with van der Waals surface area (Å²) in [5, 5.41) is 6.95. The van der Waals surface area contributed by atoms with Crippen LogP contribution in [0.2, 0.25) is 0 Å². The first-order valence-electron chi connectivity index (χ1n) is 6.20. The van der Waals surface area contributed by atoms with Gasteiger partial charge >= 0.3 is 0 Å². The zero-order valence-electron chi connectivity index (χ0n) is 9.78. The van der Waals surface area contributed by atoms with Crippen LogP contribution in [0.5, 0.6) is 0 Å². The summed E-state index contributed by atoms with van der Waals surface area (Å²) in [5.41, 5.74) is 1.27. The van der Waals surface area contributed by atoms with Gasteiger partial charge in [-0.1, -0.05) is 0 Å². The average molecular weight is 237 g/mol. The van der Waals surface area contributed by atoms with Gasteiger partial charge in [0.05, 0.1) is 10.7 Å². The summed E-state index contributed by atoms with van der Waals surface area (Å²) in [7, 11) is 0. The topological polar surface area (TPSA) is 28.2 Å². The second-order valence-corrected chi connectivity index (χ2v) is 5.97. The lowest BCUT2D eigenvalue weighted by Gasteiger charge is -2.26. The third-order valence-electron chi connectivity index (χ3n) is 3.82. The molecule has 0 radical (unpaired) electrons. The molecule has 2 atom stereocenters. The normalized spacial score (nSPS) is 30.6. The van der Waals surface area contributed by atoms with Gasteiger partial charge in [-0.15, -0.1) is 11.3 Å². The number of nitrogens with one attached hydrogen (secondary N) is 1. The Bertz CT molecular complexity index is 349. The van der Waals surface area contributed by atoms with Crippen molar-refractivity contribution in [1.29, 1.82) is 0 Å². The van der Waals surface area contributed by atoms with Gasteiger partial charge in [0.15, 0.2) is 0 Å². The maximum atomic E-state index is 4.59. The molecule has 3 nitrogen and oxygen atoms in total. The van der Waals surface area contributed by atoms with Crippen molar-refractivity contribution in [3.8, 4) is 0 Å². The highest BCUT2D eigenvalue weighted by Gasteiger charge is 2.34. The molecule has 0 aliphatic carbocycles. The van der Waals surface area contributed by atoms with Crippen LogP contribution in [0.3, 0.4) is 0 Å². The lowest BCUT2D eigenvalue weighted by Crippen LogP contribution is -2.37. The minimum absolute atomic E-state index is 0.745. The van der Waals surface area contributed by atoms with Crippen LogP contribution in [0.1, 0.15) is 30.0 Å². The standard InChI is InChI=1S/C12H19N3S/c1-9-14-10(8-16-9)7-15-11-2-3-12(15)6-13-5-4-11/h8,11-13H,2-7H2,1H3. The molecular formula is C12H19N3S. The Morgan fingerprint density at radius 1 is 1.44 bits per heavy atom. The number of thiazole rings is 1. The fraction of sp³-hybridized carbons (Fsp3) is 0.750. The second-order valence-electron chi connectivity index (χ2n) is 4.91. The maximum Gasteiger partial charge on any atom is 0.0897 e. The summed E-state index contributed by atoms with van der Waals surface area (Å²) in [6.07, 6.45) is 4.05. The van der Waals surface area contributed by atoms with E-state index in [-0.39, 0.29) is 0 Å². The molecule has 4 heteroatoms. The number of fused-ring (bicyclic) bond motifs is 2. The monoisotopic (exact) mass is 237 g/mol. The van der Waals surface area contributed by atoms with Gasteiger partial charge in [-0.05, 0) is 32.7 Å². The Morgan fingerprint density at radius 2 is 2.31 bits per heavy atom. The number of nitrogens with zero attached hydrogens (tertiary/aromatic N) is 2. The number of rotatable bonds is 2. The summed E-state index contributed by atoms with van der Waals surface area (Å²) in [6, 6.07) is 1.54. The van der Waals surface area contributed by atoms with Crippen LogP contribution in [0, 0.1) is 6.92 Å². The molecule has 1 N–H and O–H groups in total. The molecule has 0 spiro atoms. The molecule has 0 saturated carbocycles. The fourth-order valence-electron chi connectivity index (χ4n) is 3.01. The Morgan fingerprint density at radius 3 is 3.12 bits per heavy atom. The lowest BCUT2D eigenvalue weighted by molar-refractivity contribution is 0.191.